The lowest BCUT2D eigenvalue weighted by Crippen LogP contribution is -2.05. The Morgan fingerprint density at radius 2 is 2.00 bits per heavy atom. The highest BCUT2D eigenvalue weighted by Crippen LogP contribution is 2.27. The molecule has 0 radical (unpaired) electrons. The molecule has 0 bridgehead atoms. The lowest BCUT2D eigenvalue weighted by atomic mass is 10.2. The number of hydrogen-bond acceptors (Lipinski definition) is 4. The molecule has 0 saturated heterocycles. The average Bonchev–Trinajstić information content (AvgIpc) is 2.91. The molecule has 0 aliphatic rings. The molecule has 0 saturated carbocycles. The fourth-order valence-electron chi connectivity index (χ4n) is 1.88. The van der Waals surface area contributed by atoms with Crippen molar-refractivity contribution in [2.75, 3.05) is 0 Å². The van der Waals surface area contributed by atoms with Crippen LogP contribution in [0.15, 0.2) is 52.9 Å². The third-order valence-corrected chi connectivity index (χ3v) is 2.90. The van der Waals surface area contributed by atoms with Crippen molar-refractivity contribution in [3.05, 3.63) is 48.5 Å². The van der Waals surface area contributed by atoms with Crippen LogP contribution < -0.4 is 4.74 Å². The van der Waals surface area contributed by atoms with Crippen LogP contribution in [0.25, 0.3) is 22.6 Å². The molecule has 100 valence electrons. The Balaban J connectivity index is 1.97. The van der Waals surface area contributed by atoms with Gasteiger partial charge in [0.25, 0.3) is 0 Å². The molecule has 0 atom stereocenters. The topological polar surface area (TPSA) is 52.3 Å². The van der Waals surface area contributed by atoms with Crippen molar-refractivity contribution in [3.8, 4) is 17.2 Å². The number of hydrogen-bond donors (Lipinski definition) is 0. The normalized spacial score (nSPS) is 10.7. The summed E-state index contributed by atoms with van der Waals surface area (Å²) in [6, 6.07) is 14.8. The third-order valence-electron chi connectivity index (χ3n) is 2.90. The monoisotopic (exact) mass is 267 g/mol. The first-order valence-corrected chi connectivity index (χ1v) is 6.43. The molecular formula is C16H13NO3. The lowest BCUT2D eigenvalue weighted by Gasteiger charge is -2.00. The van der Waals surface area contributed by atoms with Crippen molar-refractivity contribution in [1.29, 1.82) is 0 Å². The van der Waals surface area contributed by atoms with Crippen LogP contribution in [0.2, 0.25) is 0 Å². The van der Waals surface area contributed by atoms with E-state index in [0.29, 0.717) is 23.6 Å². The zero-order valence-corrected chi connectivity index (χ0v) is 11.0. The average molecular weight is 267 g/mol. The second-order valence-electron chi connectivity index (χ2n) is 4.34. The van der Waals surface area contributed by atoms with Crippen LogP contribution in [0.5, 0.6) is 5.75 Å². The molecule has 0 amide bonds. The van der Waals surface area contributed by atoms with Gasteiger partial charge in [0.05, 0.1) is 0 Å². The quantitative estimate of drug-likeness (QED) is 0.535. The number of carbonyl (C=O) groups is 1. The summed E-state index contributed by atoms with van der Waals surface area (Å²) < 4.78 is 10.9. The molecule has 4 heteroatoms. The van der Waals surface area contributed by atoms with Crippen LogP contribution in [0.1, 0.15) is 13.3 Å². The maximum absolute atomic E-state index is 11.3. The van der Waals surface area contributed by atoms with Gasteiger partial charge in [-0.3, -0.25) is 4.79 Å². The third kappa shape index (κ3) is 2.40. The standard InChI is InChI=1S/C16H13NO3/c1-2-15(18)19-12-8-9-13-14(10-12)20-16(17-13)11-6-4-3-5-7-11/h3-10H,2H2,1H3. The minimum Gasteiger partial charge on any atom is -0.436 e. The molecule has 0 aliphatic heterocycles. The maximum atomic E-state index is 11.3. The lowest BCUT2D eigenvalue weighted by molar-refractivity contribution is -0.134. The van der Waals surface area contributed by atoms with E-state index in [-0.39, 0.29) is 5.97 Å². The van der Waals surface area contributed by atoms with Crippen molar-refractivity contribution < 1.29 is 13.9 Å². The van der Waals surface area contributed by atoms with E-state index in [0.717, 1.165) is 11.1 Å². The van der Waals surface area contributed by atoms with Crippen molar-refractivity contribution in [2.45, 2.75) is 13.3 Å². The Hall–Kier alpha value is -2.62. The zero-order valence-electron chi connectivity index (χ0n) is 11.0. The molecule has 3 aromatic rings. The van der Waals surface area contributed by atoms with E-state index in [9.17, 15) is 4.79 Å². The van der Waals surface area contributed by atoms with Crippen molar-refractivity contribution >= 4 is 17.1 Å². The van der Waals surface area contributed by atoms with Crippen molar-refractivity contribution in [2.24, 2.45) is 0 Å². The van der Waals surface area contributed by atoms with Gasteiger partial charge in [0.2, 0.25) is 5.89 Å². The van der Waals surface area contributed by atoms with Crippen LogP contribution in [-0.2, 0) is 4.79 Å². The van der Waals surface area contributed by atoms with Gasteiger partial charge in [-0.1, -0.05) is 25.1 Å². The van der Waals surface area contributed by atoms with E-state index in [2.05, 4.69) is 4.98 Å². The van der Waals surface area contributed by atoms with E-state index in [1.807, 2.05) is 30.3 Å². The number of fused-ring (bicyclic) bond motifs is 1. The van der Waals surface area contributed by atoms with Crippen molar-refractivity contribution in [1.82, 2.24) is 4.98 Å². The smallest absolute Gasteiger partial charge is 0.310 e. The first-order chi connectivity index (χ1) is 9.76. The first kappa shape index (κ1) is 12.4. The Bertz CT molecular complexity index is 747. The van der Waals surface area contributed by atoms with E-state index in [1.54, 1.807) is 25.1 Å². The summed E-state index contributed by atoms with van der Waals surface area (Å²) in [5, 5.41) is 0. The van der Waals surface area contributed by atoms with Crippen LogP contribution in [-0.4, -0.2) is 11.0 Å². The number of rotatable bonds is 3. The minimum absolute atomic E-state index is 0.271. The Labute approximate surface area is 116 Å². The molecule has 1 heterocycles. The molecule has 3 rings (SSSR count). The Kier molecular flexibility index (Phi) is 3.21. The molecule has 0 spiro atoms. The van der Waals surface area contributed by atoms with Crippen LogP contribution in [0, 0.1) is 0 Å². The summed E-state index contributed by atoms with van der Waals surface area (Å²) in [5.74, 6) is 0.756. The second-order valence-corrected chi connectivity index (χ2v) is 4.34. The van der Waals surface area contributed by atoms with Gasteiger partial charge in [-0.2, -0.15) is 0 Å². The number of oxazole rings is 1. The highest BCUT2D eigenvalue weighted by Gasteiger charge is 2.10. The van der Waals surface area contributed by atoms with E-state index < -0.39 is 0 Å². The fourth-order valence-corrected chi connectivity index (χ4v) is 1.88. The number of ether oxygens (including phenoxy) is 1. The maximum Gasteiger partial charge on any atom is 0.310 e. The number of carbonyl (C=O) groups excluding carboxylic acids is 1. The van der Waals surface area contributed by atoms with Gasteiger partial charge in [-0.05, 0) is 24.3 Å². The zero-order chi connectivity index (χ0) is 13.9. The summed E-state index contributed by atoms with van der Waals surface area (Å²) in [6.45, 7) is 1.75. The molecule has 4 nitrogen and oxygen atoms in total. The van der Waals surface area contributed by atoms with Crippen molar-refractivity contribution in [3.63, 3.8) is 0 Å². The van der Waals surface area contributed by atoms with Crippen LogP contribution >= 0.6 is 0 Å². The molecule has 0 fully saturated rings. The number of benzene rings is 2. The molecule has 2 aromatic carbocycles. The minimum atomic E-state index is -0.271. The highest BCUT2D eigenvalue weighted by molar-refractivity contribution is 5.79. The summed E-state index contributed by atoms with van der Waals surface area (Å²) in [4.78, 5) is 15.7. The highest BCUT2D eigenvalue weighted by atomic mass is 16.5. The summed E-state index contributed by atoms with van der Waals surface area (Å²) in [6.07, 6.45) is 0.337. The molecule has 0 unspecified atom stereocenters. The summed E-state index contributed by atoms with van der Waals surface area (Å²) in [7, 11) is 0. The number of nitrogens with zero attached hydrogens (tertiary/aromatic N) is 1. The number of esters is 1. The molecule has 0 aliphatic carbocycles. The predicted molar refractivity (Wildman–Crippen MR) is 75.4 cm³/mol. The van der Waals surface area contributed by atoms with E-state index in [4.69, 9.17) is 9.15 Å². The summed E-state index contributed by atoms with van der Waals surface area (Å²) >= 11 is 0. The van der Waals surface area contributed by atoms with Gasteiger partial charge in [0, 0.05) is 18.1 Å². The van der Waals surface area contributed by atoms with Gasteiger partial charge >= 0.3 is 5.97 Å². The predicted octanol–water partition coefficient (Wildman–Crippen LogP) is 3.81. The Morgan fingerprint density at radius 1 is 1.20 bits per heavy atom. The SMILES string of the molecule is CCC(=O)Oc1ccc2nc(-c3ccccc3)oc2c1. The van der Waals surface area contributed by atoms with Crippen LogP contribution in [0.4, 0.5) is 0 Å². The van der Waals surface area contributed by atoms with Gasteiger partial charge in [-0.25, -0.2) is 4.98 Å². The largest absolute Gasteiger partial charge is 0.436 e. The Morgan fingerprint density at radius 3 is 2.75 bits per heavy atom. The van der Waals surface area contributed by atoms with Gasteiger partial charge in [0.15, 0.2) is 5.58 Å². The first-order valence-electron chi connectivity index (χ1n) is 6.43. The molecule has 0 N–H and O–H groups in total. The summed E-state index contributed by atoms with van der Waals surface area (Å²) in [5.41, 5.74) is 2.25. The van der Waals surface area contributed by atoms with Gasteiger partial charge in [-0.15, -0.1) is 0 Å². The van der Waals surface area contributed by atoms with E-state index in [1.165, 1.54) is 0 Å². The van der Waals surface area contributed by atoms with E-state index >= 15 is 0 Å². The van der Waals surface area contributed by atoms with Gasteiger partial charge in [0.1, 0.15) is 11.3 Å². The van der Waals surface area contributed by atoms with Gasteiger partial charge < -0.3 is 9.15 Å². The fraction of sp³-hybridized carbons (Fsp3) is 0.125. The molecule has 20 heavy (non-hydrogen) atoms. The molecule has 1 aromatic heterocycles. The second kappa shape index (κ2) is 5.17. The molecular weight excluding hydrogens is 254 g/mol. The van der Waals surface area contributed by atoms with Crippen LogP contribution in [0.3, 0.4) is 0 Å². The number of aromatic nitrogens is 1.